The van der Waals surface area contributed by atoms with E-state index in [1.807, 2.05) is 18.4 Å². The van der Waals surface area contributed by atoms with E-state index >= 15 is 0 Å². The quantitative estimate of drug-likeness (QED) is 0.469. The minimum atomic E-state index is -0.407. The Labute approximate surface area is 145 Å². The van der Waals surface area contributed by atoms with Crippen LogP contribution in [0.25, 0.3) is 0 Å². The Hall–Kier alpha value is -2.09. The molecule has 2 aromatic heterocycles. The van der Waals surface area contributed by atoms with E-state index in [9.17, 15) is 9.59 Å². The predicted molar refractivity (Wildman–Crippen MR) is 91.7 cm³/mol. The summed E-state index contributed by atoms with van der Waals surface area (Å²) in [5.74, 6) is -0.279. The number of rotatable bonds is 7. The fourth-order valence-electron chi connectivity index (χ4n) is 2.43. The van der Waals surface area contributed by atoms with Crippen LogP contribution in [0.2, 0.25) is 0 Å². The highest BCUT2D eigenvalue weighted by Crippen LogP contribution is 2.23. The maximum Gasteiger partial charge on any atom is 0.340 e. The Morgan fingerprint density at radius 3 is 2.71 bits per heavy atom. The lowest BCUT2D eigenvalue weighted by molar-refractivity contribution is 0.0525. The number of ketones is 1. The molecular formula is C16H22N4O3S. The number of carbonyl (C=O) groups is 2. The first-order valence-electron chi connectivity index (χ1n) is 7.78. The van der Waals surface area contributed by atoms with Crippen LogP contribution in [0.1, 0.15) is 58.9 Å². The molecule has 1 N–H and O–H groups in total. The highest BCUT2D eigenvalue weighted by atomic mass is 32.2. The van der Waals surface area contributed by atoms with Gasteiger partial charge in [0.25, 0.3) is 0 Å². The van der Waals surface area contributed by atoms with Gasteiger partial charge in [0.2, 0.25) is 0 Å². The van der Waals surface area contributed by atoms with E-state index in [1.165, 1.54) is 11.8 Å². The number of aromatic nitrogens is 4. The van der Waals surface area contributed by atoms with Crippen LogP contribution in [-0.2, 0) is 4.74 Å². The molecule has 2 heterocycles. The van der Waals surface area contributed by atoms with E-state index in [0.717, 1.165) is 0 Å². The van der Waals surface area contributed by atoms with Gasteiger partial charge in [0.1, 0.15) is 6.33 Å². The summed E-state index contributed by atoms with van der Waals surface area (Å²) in [5, 5.41) is 8.62. The number of Topliss-reactive ketones (excluding diaryl/α,β-unsaturated/α-hetero) is 1. The molecule has 2 rings (SSSR count). The molecule has 24 heavy (non-hydrogen) atoms. The number of H-pyrrole nitrogens is 1. The van der Waals surface area contributed by atoms with Gasteiger partial charge in [0.05, 0.1) is 23.6 Å². The second-order valence-electron chi connectivity index (χ2n) is 5.67. The van der Waals surface area contributed by atoms with Crippen molar-refractivity contribution in [3.8, 4) is 0 Å². The molecule has 0 radical (unpaired) electrons. The zero-order chi connectivity index (χ0) is 17.9. The fraction of sp³-hybridized carbons (Fsp3) is 0.500. The molecule has 0 aliphatic carbocycles. The van der Waals surface area contributed by atoms with Gasteiger partial charge in [0.15, 0.2) is 10.9 Å². The Bertz CT molecular complexity index is 749. The van der Waals surface area contributed by atoms with Crippen LogP contribution in [0, 0.1) is 13.8 Å². The lowest BCUT2D eigenvalue weighted by Crippen LogP contribution is -2.09. The molecule has 0 amide bonds. The van der Waals surface area contributed by atoms with Crippen LogP contribution >= 0.6 is 11.8 Å². The zero-order valence-corrected chi connectivity index (χ0v) is 15.4. The van der Waals surface area contributed by atoms with E-state index in [1.54, 1.807) is 27.1 Å². The second-order valence-corrected chi connectivity index (χ2v) is 6.61. The van der Waals surface area contributed by atoms with Crippen LogP contribution in [0.15, 0.2) is 11.5 Å². The Kier molecular flexibility index (Phi) is 5.82. The van der Waals surface area contributed by atoms with Crippen LogP contribution in [-0.4, -0.2) is 43.9 Å². The van der Waals surface area contributed by atoms with Crippen molar-refractivity contribution in [2.24, 2.45) is 0 Å². The van der Waals surface area contributed by atoms with Gasteiger partial charge in [-0.25, -0.2) is 4.79 Å². The minimum Gasteiger partial charge on any atom is -0.462 e. The number of thioether (sulfide) groups is 1. The molecule has 0 unspecified atom stereocenters. The molecular weight excluding hydrogens is 328 g/mol. The van der Waals surface area contributed by atoms with Gasteiger partial charge < -0.3 is 14.3 Å². The van der Waals surface area contributed by atoms with E-state index in [2.05, 4.69) is 15.2 Å². The number of hydrogen-bond donors (Lipinski definition) is 1. The second kappa shape index (κ2) is 7.65. The SMILES string of the molecule is CCOC(=O)c1c(C)[nH]c(C(=O)CSc2nncn2C(C)C)c1C. The van der Waals surface area contributed by atoms with E-state index < -0.39 is 5.97 Å². The average molecular weight is 350 g/mol. The third kappa shape index (κ3) is 3.69. The topological polar surface area (TPSA) is 89.9 Å². The maximum atomic E-state index is 12.5. The first-order valence-corrected chi connectivity index (χ1v) is 8.77. The van der Waals surface area contributed by atoms with Crippen molar-refractivity contribution in [3.05, 3.63) is 28.8 Å². The zero-order valence-electron chi connectivity index (χ0n) is 14.5. The average Bonchev–Trinajstić information content (AvgIpc) is 3.09. The molecule has 0 atom stereocenters. The number of aryl methyl sites for hydroxylation is 1. The predicted octanol–water partition coefficient (Wildman–Crippen LogP) is 2.96. The van der Waals surface area contributed by atoms with E-state index in [0.29, 0.717) is 34.3 Å². The Morgan fingerprint density at radius 2 is 2.08 bits per heavy atom. The number of aromatic amines is 1. The van der Waals surface area contributed by atoms with Crippen molar-refractivity contribution >= 4 is 23.5 Å². The van der Waals surface area contributed by atoms with Gasteiger partial charge in [-0.1, -0.05) is 11.8 Å². The molecule has 0 bridgehead atoms. The normalized spacial score (nSPS) is 11.1. The Balaban J connectivity index is 2.14. The molecule has 0 aliphatic rings. The van der Waals surface area contributed by atoms with E-state index in [4.69, 9.17) is 4.74 Å². The highest BCUT2D eigenvalue weighted by Gasteiger charge is 2.23. The number of esters is 1. The standard InChI is InChI=1S/C16H22N4O3S/c1-6-23-15(22)13-10(4)14(18-11(13)5)12(21)7-24-16-19-17-8-20(16)9(2)3/h8-9,18H,6-7H2,1-5H3. The summed E-state index contributed by atoms with van der Waals surface area (Å²) in [6.45, 7) is 9.62. The lowest BCUT2D eigenvalue weighted by Gasteiger charge is -2.08. The molecule has 0 fully saturated rings. The Morgan fingerprint density at radius 1 is 1.38 bits per heavy atom. The van der Waals surface area contributed by atoms with Crippen molar-refractivity contribution in [2.75, 3.05) is 12.4 Å². The number of carbonyl (C=O) groups excluding carboxylic acids is 2. The van der Waals surface area contributed by atoms with Crippen LogP contribution in [0.3, 0.4) is 0 Å². The van der Waals surface area contributed by atoms with Gasteiger partial charge in [-0.15, -0.1) is 10.2 Å². The summed E-state index contributed by atoms with van der Waals surface area (Å²) in [4.78, 5) is 27.5. The third-order valence-corrected chi connectivity index (χ3v) is 4.58. The van der Waals surface area contributed by atoms with Crippen LogP contribution < -0.4 is 0 Å². The summed E-state index contributed by atoms with van der Waals surface area (Å²) in [7, 11) is 0. The highest BCUT2D eigenvalue weighted by molar-refractivity contribution is 7.99. The number of nitrogens with one attached hydrogen (secondary N) is 1. The number of ether oxygens (including phenoxy) is 1. The molecule has 0 saturated heterocycles. The molecule has 2 aromatic rings. The van der Waals surface area contributed by atoms with Gasteiger partial charge >= 0.3 is 5.97 Å². The van der Waals surface area contributed by atoms with Crippen molar-refractivity contribution < 1.29 is 14.3 Å². The summed E-state index contributed by atoms with van der Waals surface area (Å²) < 4.78 is 6.96. The van der Waals surface area contributed by atoms with Gasteiger partial charge in [-0.05, 0) is 40.2 Å². The smallest absolute Gasteiger partial charge is 0.340 e. The van der Waals surface area contributed by atoms with E-state index in [-0.39, 0.29) is 17.6 Å². The molecule has 0 aromatic carbocycles. The van der Waals surface area contributed by atoms with Gasteiger partial charge in [0, 0.05) is 11.7 Å². The molecule has 0 saturated carbocycles. The summed E-state index contributed by atoms with van der Waals surface area (Å²) in [6, 6.07) is 0.225. The summed E-state index contributed by atoms with van der Waals surface area (Å²) in [6.07, 6.45) is 1.65. The molecule has 0 spiro atoms. The largest absolute Gasteiger partial charge is 0.462 e. The van der Waals surface area contributed by atoms with Crippen molar-refractivity contribution in [1.29, 1.82) is 0 Å². The molecule has 0 aliphatic heterocycles. The monoisotopic (exact) mass is 350 g/mol. The summed E-state index contributed by atoms with van der Waals surface area (Å²) >= 11 is 1.33. The van der Waals surface area contributed by atoms with Gasteiger partial charge in [-0.3, -0.25) is 4.79 Å². The molecule has 130 valence electrons. The summed E-state index contributed by atoms with van der Waals surface area (Å²) in [5.41, 5.74) is 2.15. The number of nitrogens with zero attached hydrogens (tertiary/aromatic N) is 3. The van der Waals surface area contributed by atoms with Gasteiger partial charge in [-0.2, -0.15) is 0 Å². The first kappa shape index (κ1) is 18.3. The number of hydrogen-bond acceptors (Lipinski definition) is 6. The molecule has 8 heteroatoms. The maximum absolute atomic E-state index is 12.5. The van der Waals surface area contributed by atoms with Crippen molar-refractivity contribution in [2.45, 2.75) is 45.8 Å². The molecule has 7 nitrogen and oxygen atoms in total. The van der Waals surface area contributed by atoms with Crippen LogP contribution in [0.5, 0.6) is 0 Å². The minimum absolute atomic E-state index is 0.0885. The van der Waals surface area contributed by atoms with Crippen LogP contribution in [0.4, 0.5) is 0 Å². The van der Waals surface area contributed by atoms with Crippen molar-refractivity contribution in [1.82, 2.24) is 19.7 Å². The third-order valence-electron chi connectivity index (χ3n) is 3.62. The van der Waals surface area contributed by atoms with Crippen molar-refractivity contribution in [3.63, 3.8) is 0 Å². The first-order chi connectivity index (χ1) is 11.4. The lowest BCUT2D eigenvalue weighted by atomic mass is 10.1. The fourth-order valence-corrected chi connectivity index (χ4v) is 3.35.